The number of imidazole rings is 1. The lowest BCUT2D eigenvalue weighted by Gasteiger charge is -2.10. The largest absolute Gasteiger partial charge is 0.323 e. The number of nitrogens with zero attached hydrogens (tertiary/aromatic N) is 1. The Hall–Kier alpha value is -2.22. The Morgan fingerprint density at radius 2 is 1.86 bits per heavy atom. The van der Waals surface area contributed by atoms with Gasteiger partial charge in [0.25, 0.3) is 0 Å². The first-order chi connectivity index (χ1) is 10.1. The average molecular weight is 318 g/mol. The molecule has 0 radical (unpaired) electrons. The van der Waals surface area contributed by atoms with Gasteiger partial charge < -0.3 is 9.97 Å². The van der Waals surface area contributed by atoms with Crippen molar-refractivity contribution in [2.45, 2.75) is 6.42 Å². The number of aromatic amines is 2. The molecular formula is C15H9Cl2N3O. The van der Waals surface area contributed by atoms with Gasteiger partial charge in [0, 0.05) is 10.6 Å². The SMILES string of the molecule is N#CCc1ccc(Cl)c(-c2ccc3[nH]c(=O)[nH]c3c2)c1Cl. The number of hydrogen-bond acceptors (Lipinski definition) is 2. The maximum absolute atomic E-state index is 11.3. The summed E-state index contributed by atoms with van der Waals surface area (Å²) in [4.78, 5) is 16.7. The van der Waals surface area contributed by atoms with Crippen molar-refractivity contribution in [3.05, 3.63) is 56.4 Å². The van der Waals surface area contributed by atoms with Crippen LogP contribution < -0.4 is 5.69 Å². The molecule has 0 aliphatic heterocycles. The van der Waals surface area contributed by atoms with Crippen LogP contribution in [0.3, 0.4) is 0 Å². The minimum absolute atomic E-state index is 0.215. The zero-order valence-electron chi connectivity index (χ0n) is 10.7. The fourth-order valence-electron chi connectivity index (χ4n) is 2.27. The van der Waals surface area contributed by atoms with E-state index in [0.717, 1.165) is 11.1 Å². The summed E-state index contributed by atoms with van der Waals surface area (Å²) in [6, 6.07) is 11.0. The molecule has 0 fully saturated rings. The highest BCUT2D eigenvalue weighted by Crippen LogP contribution is 2.37. The van der Waals surface area contributed by atoms with E-state index in [9.17, 15) is 4.79 Å². The second kappa shape index (κ2) is 5.28. The van der Waals surface area contributed by atoms with Gasteiger partial charge in [-0.2, -0.15) is 5.26 Å². The van der Waals surface area contributed by atoms with Crippen LogP contribution >= 0.6 is 23.2 Å². The number of nitriles is 1. The molecule has 0 spiro atoms. The lowest BCUT2D eigenvalue weighted by atomic mass is 10.0. The third-order valence-electron chi connectivity index (χ3n) is 3.25. The van der Waals surface area contributed by atoms with Gasteiger partial charge in [0.15, 0.2) is 0 Å². The first-order valence-electron chi connectivity index (χ1n) is 6.16. The van der Waals surface area contributed by atoms with Crippen LogP contribution in [0.15, 0.2) is 35.1 Å². The smallest absolute Gasteiger partial charge is 0.306 e. The van der Waals surface area contributed by atoms with Crippen molar-refractivity contribution in [2.75, 3.05) is 0 Å². The van der Waals surface area contributed by atoms with Crippen LogP contribution in [0.5, 0.6) is 0 Å². The van der Waals surface area contributed by atoms with Crippen LogP contribution in [0.4, 0.5) is 0 Å². The predicted molar refractivity (Wildman–Crippen MR) is 83.7 cm³/mol. The molecule has 0 aliphatic rings. The van der Waals surface area contributed by atoms with Crippen molar-refractivity contribution in [2.24, 2.45) is 0 Å². The summed E-state index contributed by atoms with van der Waals surface area (Å²) in [5.74, 6) is 0. The second-order valence-electron chi connectivity index (χ2n) is 4.57. The normalized spacial score (nSPS) is 10.7. The van der Waals surface area contributed by atoms with Gasteiger partial charge in [0.2, 0.25) is 0 Å². The minimum atomic E-state index is -0.266. The maximum Gasteiger partial charge on any atom is 0.323 e. The van der Waals surface area contributed by atoms with E-state index in [-0.39, 0.29) is 12.1 Å². The van der Waals surface area contributed by atoms with Crippen molar-refractivity contribution in [3.8, 4) is 17.2 Å². The number of H-pyrrole nitrogens is 2. The monoisotopic (exact) mass is 317 g/mol. The van der Waals surface area contributed by atoms with Crippen molar-refractivity contribution < 1.29 is 0 Å². The van der Waals surface area contributed by atoms with Gasteiger partial charge in [0.05, 0.1) is 28.5 Å². The molecule has 0 saturated carbocycles. The third-order valence-corrected chi connectivity index (χ3v) is 3.99. The Labute approximate surface area is 129 Å². The molecule has 1 aromatic heterocycles. The number of benzene rings is 2. The zero-order chi connectivity index (χ0) is 15.0. The summed E-state index contributed by atoms with van der Waals surface area (Å²) in [7, 11) is 0. The molecule has 0 unspecified atom stereocenters. The Balaban J connectivity index is 2.24. The minimum Gasteiger partial charge on any atom is -0.306 e. The molecule has 0 aliphatic carbocycles. The van der Waals surface area contributed by atoms with Gasteiger partial charge >= 0.3 is 5.69 Å². The third kappa shape index (κ3) is 2.42. The molecule has 104 valence electrons. The van der Waals surface area contributed by atoms with E-state index in [4.69, 9.17) is 28.5 Å². The second-order valence-corrected chi connectivity index (χ2v) is 5.36. The molecule has 0 bridgehead atoms. The van der Waals surface area contributed by atoms with E-state index in [1.54, 1.807) is 24.3 Å². The van der Waals surface area contributed by atoms with E-state index < -0.39 is 0 Å². The topological polar surface area (TPSA) is 72.4 Å². The highest BCUT2D eigenvalue weighted by atomic mass is 35.5. The fourth-order valence-corrected chi connectivity index (χ4v) is 2.93. The lowest BCUT2D eigenvalue weighted by molar-refractivity contribution is 1.21. The summed E-state index contributed by atoms with van der Waals surface area (Å²) < 4.78 is 0. The van der Waals surface area contributed by atoms with Crippen molar-refractivity contribution in [1.82, 2.24) is 9.97 Å². The lowest BCUT2D eigenvalue weighted by Crippen LogP contribution is -1.99. The fraction of sp³-hybridized carbons (Fsp3) is 0.0667. The Kier molecular flexibility index (Phi) is 3.46. The highest BCUT2D eigenvalue weighted by Gasteiger charge is 2.13. The molecule has 0 amide bonds. The van der Waals surface area contributed by atoms with Crippen LogP contribution in [0.25, 0.3) is 22.2 Å². The quantitative estimate of drug-likeness (QED) is 0.752. The standard InChI is InChI=1S/C15H9Cl2N3O/c16-10-3-1-8(5-6-18)14(17)13(10)9-2-4-11-12(7-9)20-15(21)19-11/h1-4,7H,5H2,(H2,19,20,21). The van der Waals surface area contributed by atoms with Crippen molar-refractivity contribution in [1.29, 1.82) is 5.26 Å². The maximum atomic E-state index is 11.3. The average Bonchev–Trinajstić information content (AvgIpc) is 2.81. The summed E-state index contributed by atoms with van der Waals surface area (Å²) >= 11 is 12.6. The highest BCUT2D eigenvalue weighted by molar-refractivity contribution is 6.39. The van der Waals surface area contributed by atoms with Gasteiger partial charge in [-0.25, -0.2) is 4.79 Å². The van der Waals surface area contributed by atoms with Gasteiger partial charge in [-0.1, -0.05) is 35.3 Å². The van der Waals surface area contributed by atoms with Crippen LogP contribution in [-0.4, -0.2) is 9.97 Å². The van der Waals surface area contributed by atoms with Gasteiger partial charge in [-0.15, -0.1) is 0 Å². The molecule has 3 rings (SSSR count). The van der Waals surface area contributed by atoms with Gasteiger partial charge in [-0.3, -0.25) is 0 Å². The Bertz CT molecular complexity index is 934. The van der Waals surface area contributed by atoms with Crippen LogP contribution in [0.2, 0.25) is 10.0 Å². The van der Waals surface area contributed by atoms with Crippen molar-refractivity contribution in [3.63, 3.8) is 0 Å². The number of hydrogen-bond donors (Lipinski definition) is 2. The van der Waals surface area contributed by atoms with E-state index in [1.807, 2.05) is 6.07 Å². The Morgan fingerprint density at radius 3 is 2.62 bits per heavy atom. The predicted octanol–water partition coefficient (Wildman–Crippen LogP) is 3.90. The van der Waals surface area contributed by atoms with Crippen LogP contribution in [0, 0.1) is 11.3 Å². The van der Waals surface area contributed by atoms with E-state index in [2.05, 4.69) is 16.0 Å². The molecule has 3 aromatic rings. The van der Waals surface area contributed by atoms with E-state index in [1.165, 1.54) is 0 Å². The molecule has 2 aromatic carbocycles. The molecule has 0 saturated heterocycles. The molecule has 4 nitrogen and oxygen atoms in total. The van der Waals surface area contributed by atoms with Crippen molar-refractivity contribution >= 4 is 34.2 Å². The Morgan fingerprint density at radius 1 is 1.10 bits per heavy atom. The summed E-state index contributed by atoms with van der Waals surface area (Å²) in [6.07, 6.45) is 0.215. The molecular weight excluding hydrogens is 309 g/mol. The van der Waals surface area contributed by atoms with E-state index in [0.29, 0.717) is 26.6 Å². The summed E-state index contributed by atoms with van der Waals surface area (Å²) in [5, 5.41) is 9.79. The summed E-state index contributed by atoms with van der Waals surface area (Å²) in [5.41, 5.74) is 3.29. The van der Waals surface area contributed by atoms with E-state index >= 15 is 0 Å². The summed E-state index contributed by atoms with van der Waals surface area (Å²) in [6.45, 7) is 0. The number of rotatable bonds is 2. The first kappa shape index (κ1) is 13.7. The number of nitrogens with one attached hydrogen (secondary N) is 2. The molecule has 2 N–H and O–H groups in total. The molecule has 1 heterocycles. The van der Waals surface area contributed by atoms with Crippen LogP contribution in [-0.2, 0) is 6.42 Å². The first-order valence-corrected chi connectivity index (χ1v) is 6.92. The van der Waals surface area contributed by atoms with Gasteiger partial charge in [0.1, 0.15) is 0 Å². The molecule has 21 heavy (non-hydrogen) atoms. The molecule has 0 atom stereocenters. The number of aromatic nitrogens is 2. The van der Waals surface area contributed by atoms with Crippen LogP contribution in [0.1, 0.15) is 5.56 Å². The zero-order valence-corrected chi connectivity index (χ0v) is 12.2. The molecule has 6 heteroatoms. The van der Waals surface area contributed by atoms with Gasteiger partial charge in [-0.05, 0) is 29.3 Å². The number of fused-ring (bicyclic) bond motifs is 1. The number of halogens is 2.